The van der Waals surface area contributed by atoms with Crippen LogP contribution >= 0.6 is 22.7 Å². The third-order valence-corrected chi connectivity index (χ3v) is 11.9. The molecular weight excluding hydrogens is 853 g/mol. The summed E-state index contributed by atoms with van der Waals surface area (Å²) in [4.78, 5) is 80.1. The molecule has 0 radical (unpaired) electrons. The Hall–Kier alpha value is -5.80. The number of aliphatic hydroxyl groups is 2. The Bertz CT molecular complexity index is 2340. The highest BCUT2D eigenvalue weighted by atomic mass is 32.1. The second-order valence-corrected chi connectivity index (χ2v) is 16.2. The number of amides is 3. The van der Waals surface area contributed by atoms with Crippen LogP contribution in [0.1, 0.15) is 81.4 Å². The predicted octanol–water partition coefficient (Wildman–Crippen LogP) is 3.99. The molecule has 20 heteroatoms. The molecule has 0 saturated carbocycles. The van der Waals surface area contributed by atoms with E-state index in [9.17, 15) is 39.0 Å². The zero-order chi connectivity index (χ0) is 43.3. The smallest absolute Gasteiger partial charge is 0.305 e. The fourth-order valence-electron chi connectivity index (χ4n) is 7.41. The lowest BCUT2D eigenvalue weighted by Crippen LogP contribution is -2.44. The minimum absolute atomic E-state index is 0.00336. The molecule has 6 heterocycles. The number of carbonyl (C=O) groups excluding carboxylic acids is 6. The van der Waals surface area contributed by atoms with Crippen molar-refractivity contribution in [2.45, 2.75) is 63.3 Å². The number of hydrogen-bond donors (Lipinski definition) is 2. The van der Waals surface area contributed by atoms with E-state index in [1.807, 2.05) is 16.1 Å². The molecule has 328 valence electrons. The summed E-state index contributed by atoms with van der Waals surface area (Å²) in [6.45, 7) is -0.236. The maximum absolute atomic E-state index is 13.7. The van der Waals surface area contributed by atoms with E-state index in [2.05, 4.69) is 0 Å². The van der Waals surface area contributed by atoms with Gasteiger partial charge in [-0.15, -0.1) is 22.7 Å². The maximum Gasteiger partial charge on any atom is 0.305 e. The van der Waals surface area contributed by atoms with Crippen molar-refractivity contribution in [1.29, 1.82) is 0 Å². The second kappa shape index (κ2) is 19.1. The molecule has 4 aromatic rings. The summed E-state index contributed by atoms with van der Waals surface area (Å²) in [5.74, 6) is -1.02. The van der Waals surface area contributed by atoms with Crippen molar-refractivity contribution in [3.8, 4) is 23.0 Å². The number of aliphatic hydroxyl groups excluding tert-OH is 2. The third-order valence-electron chi connectivity index (χ3n) is 10.5. The number of thiophene rings is 2. The minimum atomic E-state index is -1.46. The van der Waals surface area contributed by atoms with Gasteiger partial charge in [-0.05, 0) is 37.5 Å². The Balaban J connectivity index is 0.759. The summed E-state index contributed by atoms with van der Waals surface area (Å²) in [6.07, 6.45) is -2.92. The van der Waals surface area contributed by atoms with E-state index in [0.717, 1.165) is 9.80 Å². The van der Waals surface area contributed by atoms with E-state index in [1.165, 1.54) is 46.9 Å². The van der Waals surface area contributed by atoms with Crippen LogP contribution in [0.3, 0.4) is 0 Å². The van der Waals surface area contributed by atoms with Crippen molar-refractivity contribution in [3.63, 3.8) is 0 Å². The number of nitrogens with zero attached hydrogens (tertiary/aromatic N) is 2. The van der Waals surface area contributed by atoms with E-state index < -0.39 is 54.3 Å². The van der Waals surface area contributed by atoms with Crippen LogP contribution in [0.5, 0.6) is 23.0 Å². The van der Waals surface area contributed by atoms with Crippen molar-refractivity contribution in [2.75, 3.05) is 52.7 Å². The Morgan fingerprint density at radius 3 is 1.85 bits per heavy atom. The average molecular weight is 895 g/mol. The lowest BCUT2D eigenvalue weighted by Gasteiger charge is -2.35. The molecule has 18 nitrogen and oxygen atoms in total. The largest absolute Gasteiger partial charge is 0.485 e. The Morgan fingerprint density at radius 1 is 0.677 bits per heavy atom. The number of fused-ring (bicyclic) bond motifs is 2. The van der Waals surface area contributed by atoms with Gasteiger partial charge in [-0.2, -0.15) is 0 Å². The van der Waals surface area contributed by atoms with Gasteiger partial charge in [0.15, 0.2) is 47.7 Å². The van der Waals surface area contributed by atoms with Crippen LogP contribution in [0.2, 0.25) is 0 Å². The van der Waals surface area contributed by atoms with Gasteiger partial charge >= 0.3 is 17.9 Å². The first-order valence-electron chi connectivity index (χ1n) is 20.0. The quantitative estimate of drug-likeness (QED) is 0.0588. The van der Waals surface area contributed by atoms with Gasteiger partial charge in [-0.1, -0.05) is 6.07 Å². The van der Waals surface area contributed by atoms with Crippen LogP contribution in [0.4, 0.5) is 0 Å². The van der Waals surface area contributed by atoms with Crippen molar-refractivity contribution < 1.29 is 76.9 Å². The zero-order valence-corrected chi connectivity index (χ0v) is 34.8. The van der Waals surface area contributed by atoms with Crippen molar-refractivity contribution in [1.82, 2.24) is 9.80 Å². The highest BCUT2D eigenvalue weighted by Crippen LogP contribution is 2.41. The van der Waals surface area contributed by atoms with Gasteiger partial charge < -0.3 is 53.0 Å². The molecule has 2 N–H and O–H groups in total. The normalized spacial score (nSPS) is 19.1. The summed E-state index contributed by atoms with van der Waals surface area (Å²) in [6, 6.07) is 5.86. The first kappa shape index (κ1) is 42.9. The Labute approximate surface area is 361 Å². The molecule has 62 heavy (non-hydrogen) atoms. The summed E-state index contributed by atoms with van der Waals surface area (Å²) >= 11 is 2.90. The molecule has 4 aliphatic rings. The summed E-state index contributed by atoms with van der Waals surface area (Å²) in [5, 5.41) is 29.3. The lowest BCUT2D eigenvalue weighted by atomic mass is 9.85. The number of carbonyl (C=O) groups is 6. The predicted molar refractivity (Wildman–Crippen MR) is 216 cm³/mol. The summed E-state index contributed by atoms with van der Waals surface area (Å²) < 4.78 is 44.0. The third kappa shape index (κ3) is 9.33. The fraction of sp³-hybridized carbons (Fsp3) is 0.429. The molecular formula is C42H42N2O16S2. The van der Waals surface area contributed by atoms with Crippen molar-refractivity contribution >= 4 is 69.1 Å². The van der Waals surface area contributed by atoms with Gasteiger partial charge in [-0.3, -0.25) is 33.7 Å². The second-order valence-electron chi connectivity index (χ2n) is 14.7. The van der Waals surface area contributed by atoms with Crippen LogP contribution in [0.15, 0.2) is 45.8 Å². The molecule has 4 aliphatic heterocycles. The molecule has 0 bridgehead atoms. The van der Waals surface area contributed by atoms with Crippen LogP contribution in [0.25, 0.3) is 10.8 Å². The summed E-state index contributed by atoms with van der Waals surface area (Å²) in [5.41, 5.74) is 0.725. The Kier molecular flexibility index (Phi) is 13.2. The SMILES string of the molecule is O=C(CCCC(=O)OCC1COc2cscc2O1)OCCN1C(=O)c2ccc3c4c(ccc(c24)C1=O)C(O)N(CCOC(=O)CCCC(O)OCC1COc2cscc2O1)C3=O. The number of hydrogen-bond acceptors (Lipinski definition) is 18. The molecule has 2 aromatic heterocycles. The van der Waals surface area contributed by atoms with Crippen LogP contribution < -0.4 is 18.9 Å². The molecule has 3 amide bonds. The molecule has 0 fully saturated rings. The van der Waals surface area contributed by atoms with Crippen LogP contribution in [0, 0.1) is 0 Å². The van der Waals surface area contributed by atoms with Gasteiger partial charge in [0.05, 0.1) is 19.7 Å². The number of rotatable bonds is 19. The van der Waals surface area contributed by atoms with Crippen LogP contribution in [-0.2, 0) is 33.3 Å². The van der Waals surface area contributed by atoms with E-state index >= 15 is 0 Å². The van der Waals surface area contributed by atoms with E-state index in [-0.39, 0.29) is 118 Å². The average Bonchev–Trinajstić information content (AvgIpc) is 3.95. The molecule has 0 saturated heterocycles. The van der Waals surface area contributed by atoms with Gasteiger partial charge in [0.25, 0.3) is 17.7 Å². The zero-order valence-electron chi connectivity index (χ0n) is 33.1. The number of ether oxygens (including phenoxy) is 8. The van der Waals surface area contributed by atoms with E-state index in [1.54, 1.807) is 5.38 Å². The molecule has 4 unspecified atom stereocenters. The number of imide groups is 1. The molecule has 2 aromatic carbocycles. The molecule has 8 rings (SSSR count). The minimum Gasteiger partial charge on any atom is -0.485 e. The molecule has 4 atom stereocenters. The lowest BCUT2D eigenvalue weighted by molar-refractivity contribution is -0.148. The van der Waals surface area contributed by atoms with Gasteiger partial charge in [0, 0.05) is 73.8 Å². The highest BCUT2D eigenvalue weighted by molar-refractivity contribution is 7.08. The molecule has 0 aliphatic carbocycles. The van der Waals surface area contributed by atoms with Gasteiger partial charge in [0.1, 0.15) is 33.0 Å². The van der Waals surface area contributed by atoms with E-state index in [4.69, 9.17) is 37.9 Å². The number of benzene rings is 2. The van der Waals surface area contributed by atoms with Crippen molar-refractivity contribution in [3.05, 3.63) is 68.0 Å². The van der Waals surface area contributed by atoms with Crippen molar-refractivity contribution in [2.24, 2.45) is 0 Å². The fourth-order valence-corrected chi connectivity index (χ4v) is 8.76. The standard InChI is InChI=1S/C42H42N2O16S2/c45-33(3-1-5-35(47)57-17-23-15-55-29-19-61-21-31(29)59-23)53-13-11-43-39(49)25-7-9-27-38-28(10-8-26(37(25)38)40(43)50)42(52)44(41(27)51)12-14-54-34(46)4-2-6-36(48)58-18-24-16-56-30-20-62-22-32(30)60-24/h7-10,19-24,35,39,47,49H,1-6,11-18H2. The maximum atomic E-state index is 13.7. The first-order chi connectivity index (χ1) is 30.0. The highest BCUT2D eigenvalue weighted by Gasteiger charge is 2.39. The topological polar surface area (TPSA) is 223 Å². The van der Waals surface area contributed by atoms with E-state index in [0.29, 0.717) is 35.2 Å². The first-order valence-corrected chi connectivity index (χ1v) is 21.9. The Morgan fingerprint density at radius 2 is 1.21 bits per heavy atom. The monoisotopic (exact) mass is 894 g/mol. The van der Waals surface area contributed by atoms with Gasteiger partial charge in [0.2, 0.25) is 0 Å². The number of esters is 3. The van der Waals surface area contributed by atoms with Gasteiger partial charge in [-0.25, -0.2) is 0 Å². The summed E-state index contributed by atoms with van der Waals surface area (Å²) in [7, 11) is 0. The molecule has 0 spiro atoms. The van der Waals surface area contributed by atoms with Crippen LogP contribution in [-0.4, -0.2) is 127 Å².